The van der Waals surface area contributed by atoms with Crippen LogP contribution in [0.2, 0.25) is 0 Å². The summed E-state index contributed by atoms with van der Waals surface area (Å²) >= 11 is 0. The van der Waals surface area contributed by atoms with Crippen molar-refractivity contribution in [2.75, 3.05) is 7.11 Å². The number of ketones is 2. The second-order valence-electron chi connectivity index (χ2n) is 4.61. The lowest BCUT2D eigenvalue weighted by Gasteiger charge is -2.15. The lowest BCUT2D eigenvalue weighted by molar-refractivity contribution is -0.144. The van der Waals surface area contributed by atoms with Gasteiger partial charge in [0.15, 0.2) is 0 Å². The Hall–Kier alpha value is -2.70. The zero-order valence-corrected chi connectivity index (χ0v) is 11.6. The Labute approximate surface area is 120 Å². The predicted molar refractivity (Wildman–Crippen MR) is 72.5 cm³/mol. The number of carbonyl (C=O) groups excluding carboxylic acids is 4. The lowest BCUT2D eigenvalue weighted by atomic mass is 9.94. The third kappa shape index (κ3) is 2.91. The summed E-state index contributed by atoms with van der Waals surface area (Å²) in [6, 6.07) is -0.916. The van der Waals surface area contributed by atoms with Gasteiger partial charge in [-0.05, 0) is 17.7 Å². The highest BCUT2D eigenvalue weighted by atomic mass is 16.5. The van der Waals surface area contributed by atoms with E-state index < -0.39 is 29.5 Å². The number of fused-ring (bicyclic) bond motifs is 1. The van der Waals surface area contributed by atoms with Gasteiger partial charge in [-0.15, -0.1) is 0 Å². The van der Waals surface area contributed by atoms with Gasteiger partial charge in [0.25, 0.3) is 0 Å². The Morgan fingerprint density at radius 1 is 1.33 bits per heavy atom. The van der Waals surface area contributed by atoms with Gasteiger partial charge in [-0.2, -0.15) is 0 Å². The van der Waals surface area contributed by atoms with Crippen molar-refractivity contribution in [1.82, 2.24) is 10.3 Å². The summed E-state index contributed by atoms with van der Waals surface area (Å²) in [4.78, 5) is 49.1. The molecular weight excluding hydrogens is 276 g/mol. The molecule has 1 amide bonds. The number of aromatic amines is 1. The number of H-pyrrole nitrogens is 1. The Kier molecular flexibility index (Phi) is 4.02. The third-order valence-electron chi connectivity index (χ3n) is 3.13. The average molecular weight is 290 g/mol. The number of nitrogens with one attached hydrogen (secondary N) is 2. The molecular formula is C14H14N2O5. The molecule has 1 atom stereocenters. The minimum Gasteiger partial charge on any atom is -0.467 e. The molecule has 0 saturated heterocycles. The van der Waals surface area contributed by atoms with Crippen LogP contribution in [0.3, 0.4) is 0 Å². The molecule has 0 spiro atoms. The summed E-state index contributed by atoms with van der Waals surface area (Å²) in [6.07, 6.45) is 4.30. The molecule has 0 fully saturated rings. The Balaban J connectivity index is 2.31. The smallest absolute Gasteiger partial charge is 0.328 e. The van der Waals surface area contributed by atoms with Gasteiger partial charge in [-0.3, -0.25) is 14.4 Å². The number of rotatable bonds is 4. The molecule has 7 heteroatoms. The van der Waals surface area contributed by atoms with Crippen LogP contribution in [-0.2, 0) is 25.5 Å². The molecule has 0 aliphatic heterocycles. The molecule has 7 nitrogen and oxygen atoms in total. The molecule has 0 unspecified atom stereocenters. The van der Waals surface area contributed by atoms with E-state index in [2.05, 4.69) is 15.0 Å². The molecule has 110 valence electrons. The quantitative estimate of drug-likeness (QED) is 0.600. The number of methoxy groups -OCH3 is 1. The van der Waals surface area contributed by atoms with E-state index in [9.17, 15) is 19.2 Å². The van der Waals surface area contributed by atoms with Gasteiger partial charge in [0.2, 0.25) is 17.5 Å². The zero-order chi connectivity index (χ0) is 15.6. The first-order valence-electron chi connectivity index (χ1n) is 6.26. The molecule has 2 N–H and O–H groups in total. The summed E-state index contributed by atoms with van der Waals surface area (Å²) in [5, 5.41) is 2.46. The minimum atomic E-state index is -0.916. The van der Waals surface area contributed by atoms with Crippen molar-refractivity contribution >= 4 is 29.5 Å². The number of ether oxygens (including phenoxy) is 1. The molecule has 0 saturated carbocycles. The van der Waals surface area contributed by atoms with Crippen molar-refractivity contribution in [3.8, 4) is 0 Å². The minimum absolute atomic E-state index is 0.0605. The summed E-state index contributed by atoms with van der Waals surface area (Å²) in [5.41, 5.74) is 1.24. The SMILES string of the molecule is COC(=O)[C@H](Cc1c[nH]c2c1C(=O)C(=O)C=C2)NC(C)=O. The number of carbonyl (C=O) groups is 4. The summed E-state index contributed by atoms with van der Waals surface area (Å²) < 4.78 is 4.62. The van der Waals surface area contributed by atoms with Crippen LogP contribution in [0.1, 0.15) is 28.5 Å². The fourth-order valence-corrected chi connectivity index (χ4v) is 2.20. The van der Waals surface area contributed by atoms with Crippen LogP contribution in [-0.4, -0.2) is 41.6 Å². The van der Waals surface area contributed by atoms with E-state index in [4.69, 9.17) is 0 Å². The van der Waals surface area contributed by atoms with Crippen molar-refractivity contribution in [2.45, 2.75) is 19.4 Å². The highest BCUT2D eigenvalue weighted by Gasteiger charge is 2.29. The average Bonchev–Trinajstić information content (AvgIpc) is 2.84. The maximum absolute atomic E-state index is 11.9. The molecule has 0 bridgehead atoms. The number of esters is 1. The van der Waals surface area contributed by atoms with Gasteiger partial charge in [0.05, 0.1) is 12.7 Å². The third-order valence-corrected chi connectivity index (χ3v) is 3.13. The highest BCUT2D eigenvalue weighted by Crippen LogP contribution is 2.22. The fourth-order valence-electron chi connectivity index (χ4n) is 2.20. The Morgan fingerprint density at radius 2 is 2.05 bits per heavy atom. The summed E-state index contributed by atoms with van der Waals surface area (Å²) in [6.45, 7) is 1.28. The molecule has 1 aromatic rings. The van der Waals surface area contributed by atoms with Crippen LogP contribution < -0.4 is 5.32 Å². The first-order chi connectivity index (χ1) is 9.93. The van der Waals surface area contributed by atoms with Crippen molar-refractivity contribution in [3.05, 3.63) is 29.1 Å². The van der Waals surface area contributed by atoms with Crippen molar-refractivity contribution in [2.24, 2.45) is 0 Å². The number of amides is 1. The second-order valence-corrected chi connectivity index (χ2v) is 4.61. The van der Waals surface area contributed by atoms with Crippen LogP contribution in [0.4, 0.5) is 0 Å². The van der Waals surface area contributed by atoms with Crippen LogP contribution in [0.25, 0.3) is 6.08 Å². The summed E-state index contributed by atoms with van der Waals surface area (Å²) in [7, 11) is 1.21. The van der Waals surface area contributed by atoms with Crippen molar-refractivity contribution < 1.29 is 23.9 Å². The Bertz CT molecular complexity index is 656. The maximum atomic E-state index is 11.9. The van der Waals surface area contributed by atoms with Crippen LogP contribution in [0.15, 0.2) is 12.3 Å². The van der Waals surface area contributed by atoms with E-state index in [-0.39, 0.29) is 12.0 Å². The van der Waals surface area contributed by atoms with E-state index in [0.717, 1.165) is 0 Å². The van der Waals surface area contributed by atoms with Gasteiger partial charge in [0.1, 0.15) is 6.04 Å². The van der Waals surface area contributed by atoms with Crippen molar-refractivity contribution in [3.63, 3.8) is 0 Å². The largest absolute Gasteiger partial charge is 0.467 e. The van der Waals surface area contributed by atoms with Gasteiger partial charge in [-0.25, -0.2) is 4.79 Å². The zero-order valence-electron chi connectivity index (χ0n) is 11.6. The van der Waals surface area contributed by atoms with Gasteiger partial charge in [0, 0.05) is 25.2 Å². The second kappa shape index (κ2) is 5.74. The van der Waals surface area contributed by atoms with Gasteiger partial charge < -0.3 is 15.0 Å². The van der Waals surface area contributed by atoms with E-state index >= 15 is 0 Å². The number of aromatic nitrogens is 1. The van der Waals surface area contributed by atoms with E-state index in [1.165, 1.54) is 26.2 Å². The lowest BCUT2D eigenvalue weighted by Crippen LogP contribution is -2.42. The topological polar surface area (TPSA) is 105 Å². The molecule has 1 aromatic heterocycles. The molecule has 2 rings (SSSR count). The summed E-state index contributed by atoms with van der Waals surface area (Å²) in [5.74, 6) is -2.25. The fraction of sp³-hybridized carbons (Fsp3) is 0.286. The normalized spacial score (nSPS) is 14.6. The van der Waals surface area contributed by atoms with Crippen molar-refractivity contribution in [1.29, 1.82) is 0 Å². The van der Waals surface area contributed by atoms with Gasteiger partial charge >= 0.3 is 5.97 Å². The van der Waals surface area contributed by atoms with E-state index in [0.29, 0.717) is 11.3 Å². The molecule has 0 radical (unpaired) electrons. The molecule has 1 aliphatic carbocycles. The number of allylic oxidation sites excluding steroid dienone is 1. The van der Waals surface area contributed by atoms with Gasteiger partial charge in [-0.1, -0.05) is 0 Å². The highest BCUT2D eigenvalue weighted by molar-refractivity contribution is 6.50. The van der Waals surface area contributed by atoms with E-state index in [1.54, 1.807) is 6.20 Å². The Morgan fingerprint density at radius 3 is 2.67 bits per heavy atom. The molecule has 1 heterocycles. The maximum Gasteiger partial charge on any atom is 0.328 e. The predicted octanol–water partition coefficient (Wildman–Crippen LogP) is 0.0135. The van der Waals surface area contributed by atoms with E-state index in [1.807, 2.05) is 0 Å². The first kappa shape index (κ1) is 14.7. The standard InChI is InChI=1S/C14H14N2O5/c1-7(17)16-10(14(20)21-2)5-8-6-15-9-3-4-11(18)13(19)12(8)9/h3-4,6,10,15H,5H2,1-2H3,(H,16,17)/t10-/m0/s1. The molecule has 1 aliphatic rings. The van der Waals surface area contributed by atoms with Crippen LogP contribution in [0, 0.1) is 0 Å². The number of Topliss-reactive ketones (excluding diaryl/α,β-unsaturated/α-hetero) is 1. The first-order valence-corrected chi connectivity index (χ1v) is 6.26. The monoisotopic (exact) mass is 290 g/mol. The van der Waals surface area contributed by atoms with Crippen LogP contribution >= 0.6 is 0 Å². The molecule has 21 heavy (non-hydrogen) atoms. The number of hydrogen-bond donors (Lipinski definition) is 2. The number of hydrogen-bond acceptors (Lipinski definition) is 5. The van der Waals surface area contributed by atoms with Crippen LogP contribution in [0.5, 0.6) is 0 Å². The molecule has 0 aromatic carbocycles.